The summed E-state index contributed by atoms with van der Waals surface area (Å²) < 4.78 is 0. The molecule has 0 spiro atoms. The second-order valence-corrected chi connectivity index (χ2v) is 3.52. The average molecular weight is 181 g/mol. The van der Waals surface area contributed by atoms with Gasteiger partial charge in [0.15, 0.2) is 0 Å². The van der Waals surface area contributed by atoms with Gasteiger partial charge in [-0.2, -0.15) is 0 Å². The minimum Gasteiger partial charge on any atom is -0.325 e. The molecule has 1 atom stereocenters. The molecule has 0 aliphatic rings. The highest BCUT2D eigenvalue weighted by atomic mass is 14.6. The van der Waals surface area contributed by atoms with Crippen LogP contribution in [0.3, 0.4) is 0 Å². The fourth-order valence-corrected chi connectivity index (χ4v) is 1.10. The second-order valence-electron chi connectivity index (χ2n) is 3.52. The lowest BCUT2D eigenvalue weighted by Crippen LogP contribution is -2.09. The summed E-state index contributed by atoms with van der Waals surface area (Å²) in [5.41, 5.74) is 5.55. The molecule has 0 aromatic carbocycles. The van der Waals surface area contributed by atoms with E-state index >= 15 is 0 Å². The van der Waals surface area contributed by atoms with Gasteiger partial charge in [-0.05, 0) is 19.8 Å². The Morgan fingerprint density at radius 2 is 1.92 bits per heavy atom. The zero-order chi connectivity index (χ0) is 9.94. The highest BCUT2D eigenvalue weighted by molar-refractivity contribution is 5.04. The van der Waals surface area contributed by atoms with Crippen molar-refractivity contribution in [1.29, 1.82) is 0 Å². The largest absolute Gasteiger partial charge is 0.325 e. The molecule has 0 aliphatic carbocycles. The van der Waals surface area contributed by atoms with Gasteiger partial charge in [0.2, 0.25) is 0 Å². The molecule has 0 unspecified atom stereocenters. The zero-order valence-corrected chi connectivity index (χ0v) is 9.00. The second kappa shape index (κ2) is 9.53. The van der Waals surface area contributed by atoms with Crippen LogP contribution in [0.25, 0.3) is 0 Å². The van der Waals surface area contributed by atoms with Crippen LogP contribution in [0.4, 0.5) is 0 Å². The first-order valence-corrected chi connectivity index (χ1v) is 5.36. The van der Waals surface area contributed by atoms with Crippen molar-refractivity contribution in [2.45, 2.75) is 52.0 Å². The van der Waals surface area contributed by atoms with Crippen LogP contribution in [0.1, 0.15) is 46.0 Å². The lowest BCUT2D eigenvalue weighted by atomic mass is 10.1. The van der Waals surface area contributed by atoms with Crippen molar-refractivity contribution in [2.24, 2.45) is 5.73 Å². The summed E-state index contributed by atoms with van der Waals surface area (Å²) >= 11 is 0. The monoisotopic (exact) mass is 181 g/mol. The van der Waals surface area contributed by atoms with Crippen LogP contribution in [0, 0.1) is 0 Å². The van der Waals surface area contributed by atoms with Crippen molar-refractivity contribution in [3.8, 4) is 0 Å². The van der Waals surface area contributed by atoms with Crippen molar-refractivity contribution in [1.82, 2.24) is 0 Å². The fourth-order valence-electron chi connectivity index (χ4n) is 1.10. The molecule has 0 aliphatic heterocycles. The fraction of sp³-hybridized carbons (Fsp3) is 0.667. The SMILES string of the molecule is CCCCCC/C=C\C=C\[C@H](C)N. The van der Waals surface area contributed by atoms with Gasteiger partial charge in [0, 0.05) is 6.04 Å². The summed E-state index contributed by atoms with van der Waals surface area (Å²) in [6.07, 6.45) is 14.9. The maximum absolute atomic E-state index is 5.55. The van der Waals surface area contributed by atoms with E-state index in [4.69, 9.17) is 5.73 Å². The summed E-state index contributed by atoms with van der Waals surface area (Å²) in [6.45, 7) is 4.22. The summed E-state index contributed by atoms with van der Waals surface area (Å²) in [5.74, 6) is 0. The van der Waals surface area contributed by atoms with E-state index in [-0.39, 0.29) is 6.04 Å². The number of nitrogens with two attached hydrogens (primary N) is 1. The summed E-state index contributed by atoms with van der Waals surface area (Å²) in [4.78, 5) is 0. The van der Waals surface area contributed by atoms with E-state index in [1.807, 2.05) is 19.1 Å². The van der Waals surface area contributed by atoms with Gasteiger partial charge in [-0.25, -0.2) is 0 Å². The van der Waals surface area contributed by atoms with Gasteiger partial charge in [-0.3, -0.25) is 0 Å². The minimum absolute atomic E-state index is 0.171. The summed E-state index contributed by atoms with van der Waals surface area (Å²) in [7, 11) is 0. The average Bonchev–Trinajstić information content (AvgIpc) is 2.09. The Kier molecular flexibility index (Phi) is 9.12. The van der Waals surface area contributed by atoms with Crippen molar-refractivity contribution in [3.63, 3.8) is 0 Å². The molecule has 0 saturated carbocycles. The number of hydrogen-bond acceptors (Lipinski definition) is 1. The van der Waals surface area contributed by atoms with Crippen LogP contribution in [0.2, 0.25) is 0 Å². The van der Waals surface area contributed by atoms with Gasteiger partial charge >= 0.3 is 0 Å². The van der Waals surface area contributed by atoms with Crippen molar-refractivity contribution in [2.75, 3.05) is 0 Å². The normalized spacial score (nSPS) is 14.4. The number of rotatable bonds is 7. The van der Waals surface area contributed by atoms with Gasteiger partial charge in [0.1, 0.15) is 0 Å². The summed E-state index contributed by atoms with van der Waals surface area (Å²) in [6, 6.07) is 0.171. The van der Waals surface area contributed by atoms with E-state index in [0.717, 1.165) is 0 Å². The van der Waals surface area contributed by atoms with Crippen molar-refractivity contribution >= 4 is 0 Å². The maximum Gasteiger partial charge on any atom is 0.0197 e. The molecular weight excluding hydrogens is 158 g/mol. The highest BCUT2D eigenvalue weighted by Crippen LogP contribution is 2.02. The zero-order valence-electron chi connectivity index (χ0n) is 9.00. The van der Waals surface area contributed by atoms with E-state index in [0.29, 0.717) is 0 Å². The van der Waals surface area contributed by atoms with Crippen molar-refractivity contribution in [3.05, 3.63) is 24.3 Å². The molecule has 0 amide bonds. The van der Waals surface area contributed by atoms with Crippen LogP contribution >= 0.6 is 0 Å². The Labute approximate surface area is 82.7 Å². The van der Waals surface area contributed by atoms with Crippen molar-refractivity contribution < 1.29 is 0 Å². The number of unbranched alkanes of at least 4 members (excludes halogenated alkanes) is 4. The molecule has 0 fully saturated rings. The van der Waals surface area contributed by atoms with E-state index in [2.05, 4.69) is 19.1 Å². The Balaban J connectivity index is 3.21. The van der Waals surface area contributed by atoms with Gasteiger partial charge in [-0.15, -0.1) is 0 Å². The molecule has 1 heteroatoms. The Morgan fingerprint density at radius 3 is 2.54 bits per heavy atom. The van der Waals surface area contributed by atoms with E-state index in [9.17, 15) is 0 Å². The van der Waals surface area contributed by atoms with Gasteiger partial charge < -0.3 is 5.73 Å². The smallest absolute Gasteiger partial charge is 0.0197 e. The molecule has 0 aromatic rings. The van der Waals surface area contributed by atoms with Gasteiger partial charge in [0.25, 0.3) is 0 Å². The Morgan fingerprint density at radius 1 is 1.15 bits per heavy atom. The van der Waals surface area contributed by atoms with Crippen LogP contribution in [-0.2, 0) is 0 Å². The molecule has 0 heterocycles. The van der Waals surface area contributed by atoms with Crippen LogP contribution in [0.5, 0.6) is 0 Å². The lowest BCUT2D eigenvalue weighted by molar-refractivity contribution is 0.674. The van der Waals surface area contributed by atoms with Crippen LogP contribution < -0.4 is 5.73 Å². The van der Waals surface area contributed by atoms with Gasteiger partial charge in [-0.1, -0.05) is 50.5 Å². The Bertz CT molecular complexity index is 145. The third kappa shape index (κ3) is 11.4. The van der Waals surface area contributed by atoms with E-state index < -0.39 is 0 Å². The molecule has 1 nitrogen and oxygen atoms in total. The molecule has 0 rings (SSSR count). The standard InChI is InChI=1S/C12H23N/c1-3-4-5-6-7-8-9-10-11-12(2)13/h8-12H,3-7,13H2,1-2H3/b9-8-,11-10+/t12-/m0/s1. The molecule has 13 heavy (non-hydrogen) atoms. The molecule has 0 saturated heterocycles. The maximum atomic E-state index is 5.55. The Hall–Kier alpha value is -0.560. The third-order valence-corrected chi connectivity index (χ3v) is 1.89. The molecule has 0 bridgehead atoms. The van der Waals surface area contributed by atoms with E-state index in [1.54, 1.807) is 0 Å². The number of allylic oxidation sites excluding steroid dienone is 3. The molecule has 2 N–H and O–H groups in total. The molecular formula is C12H23N. The van der Waals surface area contributed by atoms with E-state index in [1.165, 1.54) is 32.1 Å². The third-order valence-electron chi connectivity index (χ3n) is 1.89. The molecule has 76 valence electrons. The predicted molar refractivity (Wildman–Crippen MR) is 60.7 cm³/mol. The van der Waals surface area contributed by atoms with Crippen LogP contribution in [-0.4, -0.2) is 6.04 Å². The minimum atomic E-state index is 0.171. The first-order valence-electron chi connectivity index (χ1n) is 5.36. The first-order chi connectivity index (χ1) is 6.27. The topological polar surface area (TPSA) is 26.0 Å². The van der Waals surface area contributed by atoms with Gasteiger partial charge in [0.05, 0.1) is 0 Å². The number of hydrogen-bond donors (Lipinski definition) is 1. The summed E-state index contributed by atoms with van der Waals surface area (Å²) in [5, 5.41) is 0. The molecule has 0 radical (unpaired) electrons. The lowest BCUT2D eigenvalue weighted by Gasteiger charge is -1.93. The highest BCUT2D eigenvalue weighted by Gasteiger charge is 1.83. The molecule has 0 aromatic heterocycles. The first kappa shape index (κ1) is 12.4. The van der Waals surface area contributed by atoms with Crippen LogP contribution in [0.15, 0.2) is 24.3 Å². The predicted octanol–water partition coefficient (Wildman–Crippen LogP) is 3.42. The quantitative estimate of drug-likeness (QED) is 0.472.